The second-order valence-corrected chi connectivity index (χ2v) is 4.58. The van der Waals surface area contributed by atoms with E-state index in [4.69, 9.17) is 16.3 Å². The first-order valence-corrected chi connectivity index (χ1v) is 5.80. The maximum Gasteiger partial charge on any atom is 0.128 e. The second-order valence-electron chi connectivity index (χ2n) is 2.93. The first-order chi connectivity index (χ1) is 7.24. The first-order valence-electron chi connectivity index (χ1n) is 4.35. The lowest BCUT2D eigenvalue weighted by atomic mass is 10.3. The molecule has 2 rings (SSSR count). The zero-order valence-electron chi connectivity index (χ0n) is 7.71. The molecular formula is C12H7ClIO. The standard InChI is InChI=1S/C12H7ClIO/c13-9-2-1-3-12(8-9)15-11-6-4-10(14)5-7-11/h1,3-8H. The van der Waals surface area contributed by atoms with Crippen molar-refractivity contribution in [2.24, 2.45) is 0 Å². The normalized spacial score (nSPS) is 10.0. The van der Waals surface area contributed by atoms with E-state index in [1.165, 1.54) is 3.57 Å². The SMILES string of the molecule is Clc1[c]ccc(Oc2ccc(I)cc2)c1. The van der Waals surface area contributed by atoms with Gasteiger partial charge < -0.3 is 4.74 Å². The van der Waals surface area contributed by atoms with Crippen molar-refractivity contribution in [3.63, 3.8) is 0 Å². The van der Waals surface area contributed by atoms with Crippen LogP contribution < -0.4 is 4.74 Å². The van der Waals surface area contributed by atoms with E-state index in [2.05, 4.69) is 28.7 Å². The zero-order valence-corrected chi connectivity index (χ0v) is 10.6. The molecule has 0 saturated heterocycles. The van der Waals surface area contributed by atoms with E-state index in [9.17, 15) is 0 Å². The molecule has 0 fully saturated rings. The summed E-state index contributed by atoms with van der Waals surface area (Å²) in [5.41, 5.74) is 0. The predicted molar refractivity (Wildman–Crippen MR) is 69.5 cm³/mol. The number of hydrogen-bond donors (Lipinski definition) is 0. The van der Waals surface area contributed by atoms with Gasteiger partial charge in [0.2, 0.25) is 0 Å². The van der Waals surface area contributed by atoms with Crippen LogP contribution >= 0.6 is 34.2 Å². The van der Waals surface area contributed by atoms with E-state index < -0.39 is 0 Å². The highest BCUT2D eigenvalue weighted by Gasteiger charge is 1.97. The fraction of sp³-hybridized carbons (Fsp3) is 0. The van der Waals surface area contributed by atoms with Gasteiger partial charge in [0, 0.05) is 15.7 Å². The molecule has 0 aliphatic heterocycles. The van der Waals surface area contributed by atoms with E-state index in [1.807, 2.05) is 30.3 Å². The minimum atomic E-state index is 0.554. The molecule has 0 N–H and O–H groups in total. The summed E-state index contributed by atoms with van der Waals surface area (Å²) >= 11 is 8.05. The molecular weight excluding hydrogens is 322 g/mol. The molecule has 0 heterocycles. The third-order valence-electron chi connectivity index (χ3n) is 1.79. The molecule has 75 valence electrons. The Morgan fingerprint density at radius 2 is 1.80 bits per heavy atom. The van der Waals surface area contributed by atoms with Gasteiger partial charge >= 0.3 is 0 Å². The van der Waals surface area contributed by atoms with Gasteiger partial charge in [-0.2, -0.15) is 0 Å². The maximum atomic E-state index is 5.80. The Labute approximate surface area is 107 Å². The van der Waals surface area contributed by atoms with Crippen molar-refractivity contribution in [1.29, 1.82) is 0 Å². The molecule has 0 saturated carbocycles. The molecule has 0 spiro atoms. The van der Waals surface area contributed by atoms with Crippen molar-refractivity contribution in [3.8, 4) is 11.5 Å². The van der Waals surface area contributed by atoms with Gasteiger partial charge in [-0.15, -0.1) is 0 Å². The maximum absolute atomic E-state index is 5.80. The summed E-state index contributed by atoms with van der Waals surface area (Å²) in [5.74, 6) is 1.53. The lowest BCUT2D eigenvalue weighted by Crippen LogP contribution is -1.83. The average Bonchev–Trinajstić information content (AvgIpc) is 2.22. The van der Waals surface area contributed by atoms with Crippen LogP contribution in [0.3, 0.4) is 0 Å². The Hall–Kier alpha value is -0.740. The smallest absolute Gasteiger partial charge is 0.128 e. The summed E-state index contributed by atoms with van der Waals surface area (Å²) in [6.07, 6.45) is 0. The zero-order chi connectivity index (χ0) is 10.7. The van der Waals surface area contributed by atoms with E-state index in [0.29, 0.717) is 5.02 Å². The Kier molecular flexibility index (Phi) is 3.49. The molecule has 0 bridgehead atoms. The van der Waals surface area contributed by atoms with Gasteiger partial charge in [0.05, 0.1) is 5.02 Å². The van der Waals surface area contributed by atoms with Crippen molar-refractivity contribution in [2.45, 2.75) is 0 Å². The molecule has 1 radical (unpaired) electrons. The van der Waals surface area contributed by atoms with E-state index in [1.54, 1.807) is 12.1 Å². The molecule has 2 aromatic rings. The molecule has 1 nitrogen and oxygen atoms in total. The second kappa shape index (κ2) is 4.86. The Balaban J connectivity index is 2.18. The van der Waals surface area contributed by atoms with E-state index in [-0.39, 0.29) is 0 Å². The van der Waals surface area contributed by atoms with E-state index >= 15 is 0 Å². The van der Waals surface area contributed by atoms with Crippen LogP contribution in [0.25, 0.3) is 0 Å². The molecule has 15 heavy (non-hydrogen) atoms. The monoisotopic (exact) mass is 329 g/mol. The van der Waals surface area contributed by atoms with Crippen molar-refractivity contribution < 1.29 is 4.74 Å². The van der Waals surface area contributed by atoms with Crippen molar-refractivity contribution in [2.75, 3.05) is 0 Å². The number of benzene rings is 2. The third kappa shape index (κ3) is 3.11. The summed E-state index contributed by atoms with van der Waals surface area (Å²) in [7, 11) is 0. The highest BCUT2D eigenvalue weighted by atomic mass is 127. The number of rotatable bonds is 2. The first kappa shape index (κ1) is 10.8. The highest BCUT2D eigenvalue weighted by molar-refractivity contribution is 14.1. The van der Waals surface area contributed by atoms with Gasteiger partial charge in [0.15, 0.2) is 0 Å². The summed E-state index contributed by atoms with van der Waals surface area (Å²) < 4.78 is 6.79. The number of ether oxygens (including phenoxy) is 1. The quantitative estimate of drug-likeness (QED) is 0.735. The fourth-order valence-electron chi connectivity index (χ4n) is 1.12. The Morgan fingerprint density at radius 1 is 1.07 bits per heavy atom. The van der Waals surface area contributed by atoms with Crippen molar-refractivity contribution >= 4 is 34.2 Å². The lowest BCUT2D eigenvalue weighted by molar-refractivity contribution is 0.482. The van der Waals surface area contributed by atoms with Crippen LogP contribution in [0, 0.1) is 9.64 Å². The van der Waals surface area contributed by atoms with Gasteiger partial charge in [-0.3, -0.25) is 0 Å². The number of hydrogen-bond acceptors (Lipinski definition) is 1. The molecule has 0 aliphatic carbocycles. The predicted octanol–water partition coefficient (Wildman–Crippen LogP) is 4.54. The van der Waals surface area contributed by atoms with Crippen LogP contribution in [0.2, 0.25) is 5.02 Å². The largest absolute Gasteiger partial charge is 0.457 e. The molecule has 0 aromatic heterocycles. The van der Waals surface area contributed by atoms with Gasteiger partial charge in [0.25, 0.3) is 0 Å². The topological polar surface area (TPSA) is 9.23 Å². The van der Waals surface area contributed by atoms with Gasteiger partial charge in [-0.05, 0) is 59.0 Å². The van der Waals surface area contributed by atoms with Crippen LogP contribution in [0.4, 0.5) is 0 Å². The molecule has 0 amide bonds. The van der Waals surface area contributed by atoms with Crippen molar-refractivity contribution in [1.82, 2.24) is 0 Å². The Bertz CT molecular complexity index is 453. The van der Waals surface area contributed by atoms with Crippen LogP contribution in [-0.4, -0.2) is 0 Å². The summed E-state index contributed by atoms with van der Waals surface area (Å²) in [6.45, 7) is 0. The summed E-state index contributed by atoms with van der Waals surface area (Å²) in [6, 6.07) is 16.0. The van der Waals surface area contributed by atoms with Crippen LogP contribution in [0.1, 0.15) is 0 Å². The minimum Gasteiger partial charge on any atom is -0.457 e. The average molecular weight is 330 g/mol. The highest BCUT2D eigenvalue weighted by Crippen LogP contribution is 2.24. The van der Waals surface area contributed by atoms with Crippen molar-refractivity contribution in [3.05, 3.63) is 57.1 Å². The molecule has 0 aliphatic rings. The van der Waals surface area contributed by atoms with Gasteiger partial charge in [0.1, 0.15) is 11.5 Å². The Morgan fingerprint density at radius 3 is 2.47 bits per heavy atom. The third-order valence-corrected chi connectivity index (χ3v) is 2.72. The molecule has 0 unspecified atom stereocenters. The molecule has 0 atom stereocenters. The molecule has 2 aromatic carbocycles. The van der Waals surface area contributed by atoms with Crippen LogP contribution in [0.15, 0.2) is 42.5 Å². The number of halogens is 2. The van der Waals surface area contributed by atoms with Gasteiger partial charge in [-0.1, -0.05) is 11.6 Å². The van der Waals surface area contributed by atoms with Crippen LogP contribution in [-0.2, 0) is 0 Å². The molecule has 3 heteroatoms. The lowest BCUT2D eigenvalue weighted by Gasteiger charge is -2.05. The summed E-state index contributed by atoms with van der Waals surface area (Å²) in [5, 5.41) is 0.554. The summed E-state index contributed by atoms with van der Waals surface area (Å²) in [4.78, 5) is 0. The van der Waals surface area contributed by atoms with Gasteiger partial charge in [-0.25, -0.2) is 0 Å². The van der Waals surface area contributed by atoms with Crippen LogP contribution in [0.5, 0.6) is 11.5 Å². The fourth-order valence-corrected chi connectivity index (χ4v) is 1.65. The minimum absolute atomic E-state index is 0.554. The van der Waals surface area contributed by atoms with E-state index in [0.717, 1.165) is 11.5 Å².